The number of amides is 1. The average Bonchev–Trinajstić information content (AvgIpc) is 3.09. The van der Waals surface area contributed by atoms with Crippen LogP contribution in [0.5, 0.6) is 0 Å². The van der Waals surface area contributed by atoms with E-state index in [0.29, 0.717) is 15.8 Å². The lowest BCUT2D eigenvalue weighted by Gasteiger charge is -2.07. The van der Waals surface area contributed by atoms with E-state index in [2.05, 4.69) is 36.8 Å². The SMILES string of the molecule is O=C(Nc1cccc(-n2cnnn2)c1)c1ccc(Br)c([N+](=O)[O-])c1. The lowest BCUT2D eigenvalue weighted by Crippen LogP contribution is -2.12. The van der Waals surface area contributed by atoms with Crippen LogP contribution in [-0.4, -0.2) is 31.0 Å². The summed E-state index contributed by atoms with van der Waals surface area (Å²) in [5.74, 6) is -0.459. The van der Waals surface area contributed by atoms with E-state index in [9.17, 15) is 14.9 Å². The fourth-order valence-electron chi connectivity index (χ4n) is 2.00. The number of aromatic nitrogens is 4. The number of nitrogens with zero attached hydrogens (tertiary/aromatic N) is 5. The summed E-state index contributed by atoms with van der Waals surface area (Å²) in [5, 5.41) is 24.5. The maximum Gasteiger partial charge on any atom is 0.284 e. The number of carbonyl (C=O) groups excluding carboxylic acids is 1. The Morgan fingerprint density at radius 2 is 2.08 bits per heavy atom. The van der Waals surface area contributed by atoms with Crippen molar-refractivity contribution in [3.05, 3.63) is 68.9 Å². The Balaban J connectivity index is 1.84. The summed E-state index contributed by atoms with van der Waals surface area (Å²) in [6.45, 7) is 0. The van der Waals surface area contributed by atoms with Gasteiger partial charge in [0.05, 0.1) is 15.1 Å². The molecule has 0 aliphatic rings. The molecule has 10 heteroatoms. The number of carbonyl (C=O) groups is 1. The maximum atomic E-state index is 12.3. The molecule has 0 spiro atoms. The van der Waals surface area contributed by atoms with Crippen LogP contribution in [0.3, 0.4) is 0 Å². The average molecular weight is 389 g/mol. The molecule has 1 aromatic heterocycles. The number of nitrogens with one attached hydrogen (secondary N) is 1. The van der Waals surface area contributed by atoms with Gasteiger partial charge < -0.3 is 5.32 Å². The Hall–Kier alpha value is -3.14. The van der Waals surface area contributed by atoms with Crippen LogP contribution < -0.4 is 5.32 Å². The van der Waals surface area contributed by atoms with Gasteiger partial charge in [0.1, 0.15) is 6.33 Å². The second kappa shape index (κ2) is 6.54. The van der Waals surface area contributed by atoms with Crippen molar-refractivity contribution in [3.8, 4) is 5.69 Å². The van der Waals surface area contributed by atoms with Gasteiger partial charge in [0.2, 0.25) is 0 Å². The summed E-state index contributed by atoms with van der Waals surface area (Å²) in [7, 11) is 0. The van der Waals surface area contributed by atoms with Gasteiger partial charge >= 0.3 is 0 Å². The van der Waals surface area contributed by atoms with E-state index < -0.39 is 10.8 Å². The monoisotopic (exact) mass is 388 g/mol. The van der Waals surface area contributed by atoms with Gasteiger partial charge in [0.15, 0.2) is 0 Å². The number of tetrazole rings is 1. The lowest BCUT2D eigenvalue weighted by atomic mass is 10.2. The molecule has 2 aromatic carbocycles. The molecule has 9 nitrogen and oxygen atoms in total. The van der Waals surface area contributed by atoms with Crippen molar-refractivity contribution in [2.75, 3.05) is 5.32 Å². The molecule has 0 aliphatic heterocycles. The quantitative estimate of drug-likeness (QED) is 0.542. The van der Waals surface area contributed by atoms with Gasteiger partial charge in [-0.05, 0) is 56.7 Å². The van der Waals surface area contributed by atoms with Crippen molar-refractivity contribution < 1.29 is 9.72 Å². The molecule has 0 fully saturated rings. The smallest absolute Gasteiger partial charge is 0.284 e. The fraction of sp³-hybridized carbons (Fsp3) is 0. The van der Waals surface area contributed by atoms with E-state index in [-0.39, 0.29) is 11.3 Å². The number of nitro groups is 1. The summed E-state index contributed by atoms with van der Waals surface area (Å²) in [6.07, 6.45) is 1.43. The summed E-state index contributed by atoms with van der Waals surface area (Å²) >= 11 is 3.08. The first-order chi connectivity index (χ1) is 11.5. The van der Waals surface area contributed by atoms with E-state index in [0.717, 1.165) is 0 Å². The second-order valence-electron chi connectivity index (χ2n) is 4.68. The van der Waals surface area contributed by atoms with Crippen LogP contribution in [0.25, 0.3) is 5.69 Å². The summed E-state index contributed by atoms with van der Waals surface area (Å²) in [6, 6.07) is 11.1. The number of hydrogen-bond acceptors (Lipinski definition) is 6. The van der Waals surface area contributed by atoms with Gasteiger partial charge in [0, 0.05) is 17.3 Å². The lowest BCUT2D eigenvalue weighted by molar-refractivity contribution is -0.385. The summed E-state index contributed by atoms with van der Waals surface area (Å²) in [5.41, 5.74) is 1.18. The molecule has 3 rings (SSSR count). The molecule has 0 saturated carbocycles. The number of nitro benzene ring substituents is 1. The van der Waals surface area contributed by atoms with Gasteiger partial charge in [-0.1, -0.05) is 6.07 Å². The third kappa shape index (κ3) is 3.27. The zero-order valence-electron chi connectivity index (χ0n) is 12.0. The first-order valence-electron chi connectivity index (χ1n) is 6.63. The molecule has 1 N–H and O–H groups in total. The highest BCUT2D eigenvalue weighted by atomic mass is 79.9. The first-order valence-corrected chi connectivity index (χ1v) is 7.42. The molecule has 1 amide bonds. The second-order valence-corrected chi connectivity index (χ2v) is 5.54. The molecular formula is C14H9BrN6O3. The maximum absolute atomic E-state index is 12.3. The van der Waals surface area contributed by atoms with E-state index in [4.69, 9.17) is 0 Å². The van der Waals surface area contributed by atoms with E-state index in [1.165, 1.54) is 29.2 Å². The molecule has 3 aromatic rings. The van der Waals surface area contributed by atoms with Crippen molar-refractivity contribution in [1.82, 2.24) is 20.2 Å². The van der Waals surface area contributed by atoms with E-state index in [1.807, 2.05) is 0 Å². The number of halogens is 1. The predicted octanol–water partition coefficient (Wildman–Crippen LogP) is 2.59. The number of rotatable bonds is 4. The Kier molecular flexibility index (Phi) is 4.29. The molecular weight excluding hydrogens is 380 g/mol. The minimum absolute atomic E-state index is 0.176. The minimum Gasteiger partial charge on any atom is -0.322 e. The van der Waals surface area contributed by atoms with Gasteiger partial charge in [-0.15, -0.1) is 5.10 Å². The molecule has 0 saturated heterocycles. The molecule has 1 heterocycles. The Bertz CT molecular complexity index is 913. The van der Waals surface area contributed by atoms with Crippen LogP contribution >= 0.6 is 15.9 Å². The van der Waals surface area contributed by atoms with E-state index >= 15 is 0 Å². The highest BCUT2D eigenvalue weighted by molar-refractivity contribution is 9.10. The topological polar surface area (TPSA) is 116 Å². The highest BCUT2D eigenvalue weighted by Crippen LogP contribution is 2.26. The highest BCUT2D eigenvalue weighted by Gasteiger charge is 2.16. The molecule has 24 heavy (non-hydrogen) atoms. The largest absolute Gasteiger partial charge is 0.322 e. The van der Waals surface area contributed by atoms with Crippen LogP contribution in [0.15, 0.2) is 53.3 Å². The van der Waals surface area contributed by atoms with Gasteiger partial charge in [0.25, 0.3) is 11.6 Å². The minimum atomic E-state index is -0.556. The molecule has 0 bridgehead atoms. The summed E-state index contributed by atoms with van der Waals surface area (Å²) in [4.78, 5) is 22.7. The number of hydrogen-bond donors (Lipinski definition) is 1. The predicted molar refractivity (Wildman–Crippen MR) is 87.9 cm³/mol. The van der Waals surface area contributed by atoms with Gasteiger partial charge in [-0.25, -0.2) is 4.68 Å². The van der Waals surface area contributed by atoms with Crippen molar-refractivity contribution >= 4 is 33.2 Å². The molecule has 0 aliphatic carbocycles. The van der Waals surface area contributed by atoms with E-state index in [1.54, 1.807) is 24.3 Å². The normalized spacial score (nSPS) is 10.4. The molecule has 120 valence electrons. The van der Waals surface area contributed by atoms with Crippen molar-refractivity contribution in [2.45, 2.75) is 0 Å². The standard InChI is InChI=1S/C14H9BrN6O3/c15-12-5-4-9(6-13(12)21(23)24)14(22)17-10-2-1-3-11(7-10)20-8-16-18-19-20/h1-8H,(H,17,22). The Labute approximate surface area is 143 Å². The zero-order chi connectivity index (χ0) is 17.1. The Morgan fingerprint density at radius 1 is 1.25 bits per heavy atom. The fourth-order valence-corrected chi connectivity index (χ4v) is 2.39. The number of benzene rings is 2. The summed E-state index contributed by atoms with van der Waals surface area (Å²) < 4.78 is 1.75. The van der Waals surface area contributed by atoms with Crippen LogP contribution in [0.2, 0.25) is 0 Å². The van der Waals surface area contributed by atoms with Crippen LogP contribution in [0.4, 0.5) is 11.4 Å². The van der Waals surface area contributed by atoms with Crippen molar-refractivity contribution in [2.24, 2.45) is 0 Å². The van der Waals surface area contributed by atoms with Crippen molar-refractivity contribution in [1.29, 1.82) is 0 Å². The molecule has 0 radical (unpaired) electrons. The Morgan fingerprint density at radius 3 is 2.79 bits per heavy atom. The van der Waals surface area contributed by atoms with Gasteiger partial charge in [-0.3, -0.25) is 14.9 Å². The molecule has 0 atom stereocenters. The van der Waals surface area contributed by atoms with Crippen LogP contribution in [0, 0.1) is 10.1 Å². The van der Waals surface area contributed by atoms with Gasteiger partial charge in [-0.2, -0.15) is 0 Å². The first kappa shape index (κ1) is 15.7. The molecule has 0 unspecified atom stereocenters. The zero-order valence-corrected chi connectivity index (χ0v) is 13.5. The number of anilines is 1. The third-order valence-corrected chi connectivity index (χ3v) is 3.79. The van der Waals surface area contributed by atoms with Crippen LogP contribution in [-0.2, 0) is 0 Å². The van der Waals surface area contributed by atoms with Crippen molar-refractivity contribution in [3.63, 3.8) is 0 Å². The van der Waals surface area contributed by atoms with Crippen LogP contribution in [0.1, 0.15) is 10.4 Å². The third-order valence-electron chi connectivity index (χ3n) is 3.12.